The molecule has 0 aliphatic carbocycles. The smallest absolute Gasteiger partial charge is 0.432 e. The summed E-state index contributed by atoms with van der Waals surface area (Å²) in [5.74, 6) is -1.79. The fourth-order valence-corrected chi connectivity index (χ4v) is 1.45. The SMILES string of the molecule is COC(=O)C(O)(c1ccc(N)c(C)c1)C(F)(F)F. The van der Waals surface area contributed by atoms with Crippen molar-refractivity contribution in [3.8, 4) is 0 Å². The van der Waals surface area contributed by atoms with Gasteiger partial charge in [-0.1, -0.05) is 12.1 Å². The minimum Gasteiger partial charge on any atom is -0.466 e. The third kappa shape index (κ3) is 2.13. The Morgan fingerprint density at radius 3 is 2.33 bits per heavy atom. The van der Waals surface area contributed by atoms with Crippen LogP contribution in [0.2, 0.25) is 0 Å². The zero-order valence-electron chi connectivity index (χ0n) is 9.71. The predicted octanol–water partition coefficient (Wildman–Crippen LogP) is 1.50. The number of esters is 1. The van der Waals surface area contributed by atoms with Crippen LogP contribution in [0.15, 0.2) is 18.2 Å². The largest absolute Gasteiger partial charge is 0.466 e. The summed E-state index contributed by atoms with van der Waals surface area (Å²) in [6, 6.07) is 3.12. The fourth-order valence-electron chi connectivity index (χ4n) is 1.45. The molecule has 100 valence electrons. The Hall–Kier alpha value is -1.76. The van der Waals surface area contributed by atoms with Gasteiger partial charge in [0.2, 0.25) is 0 Å². The first kappa shape index (κ1) is 14.3. The van der Waals surface area contributed by atoms with Crippen LogP contribution in [0.3, 0.4) is 0 Å². The first-order chi connectivity index (χ1) is 8.14. The summed E-state index contributed by atoms with van der Waals surface area (Å²) in [7, 11) is 0.767. The third-order valence-electron chi connectivity index (χ3n) is 2.58. The molecule has 1 rings (SSSR count). The van der Waals surface area contributed by atoms with Crippen molar-refractivity contribution >= 4 is 11.7 Å². The quantitative estimate of drug-likeness (QED) is 0.626. The zero-order chi connectivity index (χ0) is 14.1. The maximum atomic E-state index is 12.9. The molecule has 7 heteroatoms. The number of carbonyl (C=O) groups excluding carboxylic acids is 1. The molecule has 18 heavy (non-hydrogen) atoms. The minimum atomic E-state index is -5.19. The zero-order valence-corrected chi connectivity index (χ0v) is 9.71. The molecular formula is C11H12F3NO3. The van der Waals surface area contributed by atoms with Crippen LogP contribution < -0.4 is 5.73 Å². The van der Waals surface area contributed by atoms with Crippen molar-refractivity contribution in [2.45, 2.75) is 18.7 Å². The lowest BCUT2D eigenvalue weighted by atomic mass is 9.91. The first-order valence-corrected chi connectivity index (χ1v) is 4.88. The van der Waals surface area contributed by atoms with Crippen molar-refractivity contribution in [3.63, 3.8) is 0 Å². The summed E-state index contributed by atoms with van der Waals surface area (Å²) < 4.78 is 42.7. The van der Waals surface area contributed by atoms with Crippen LogP contribution in [-0.2, 0) is 15.1 Å². The van der Waals surface area contributed by atoms with Crippen molar-refractivity contribution < 1.29 is 27.8 Å². The summed E-state index contributed by atoms with van der Waals surface area (Å²) >= 11 is 0. The average Bonchev–Trinajstić information content (AvgIpc) is 2.29. The normalized spacial score (nSPS) is 15.0. The molecule has 0 radical (unpaired) electrons. The molecule has 0 aliphatic rings. The summed E-state index contributed by atoms with van der Waals surface area (Å²) in [5, 5.41) is 9.66. The number of hydrogen-bond acceptors (Lipinski definition) is 4. The monoisotopic (exact) mass is 263 g/mol. The van der Waals surface area contributed by atoms with Crippen molar-refractivity contribution in [3.05, 3.63) is 29.3 Å². The number of aryl methyl sites for hydroxylation is 1. The number of benzene rings is 1. The van der Waals surface area contributed by atoms with Gasteiger partial charge in [0.25, 0.3) is 5.60 Å². The maximum Gasteiger partial charge on any atom is 0.432 e. The Labute approximate surface area is 101 Å². The van der Waals surface area contributed by atoms with Gasteiger partial charge in [0.15, 0.2) is 0 Å². The van der Waals surface area contributed by atoms with Crippen LogP contribution in [0.5, 0.6) is 0 Å². The molecule has 1 aromatic rings. The number of methoxy groups -OCH3 is 1. The van der Waals surface area contributed by atoms with Crippen LogP contribution in [0.4, 0.5) is 18.9 Å². The lowest BCUT2D eigenvalue weighted by Gasteiger charge is -2.28. The molecule has 0 saturated heterocycles. The second-order valence-corrected chi connectivity index (χ2v) is 3.77. The summed E-state index contributed by atoms with van der Waals surface area (Å²) in [6.45, 7) is 1.47. The van der Waals surface area contributed by atoms with Crippen LogP contribution in [-0.4, -0.2) is 24.4 Å². The molecule has 1 aromatic carbocycles. The molecular weight excluding hydrogens is 251 g/mol. The molecule has 1 unspecified atom stereocenters. The lowest BCUT2D eigenvalue weighted by Crippen LogP contribution is -2.49. The Balaban J connectivity index is 3.45. The number of carbonyl (C=O) groups is 1. The van der Waals surface area contributed by atoms with Gasteiger partial charge in [0.1, 0.15) is 0 Å². The fraction of sp³-hybridized carbons (Fsp3) is 0.364. The standard InChI is InChI=1S/C11H12F3NO3/c1-6-5-7(3-4-8(6)15)10(17,9(16)18-2)11(12,13)14/h3-5,17H,15H2,1-2H3. The number of aliphatic hydroxyl groups is 1. The van der Waals surface area contributed by atoms with Gasteiger partial charge in [-0.05, 0) is 18.6 Å². The lowest BCUT2D eigenvalue weighted by molar-refractivity contribution is -0.266. The van der Waals surface area contributed by atoms with E-state index in [1.165, 1.54) is 13.0 Å². The van der Waals surface area contributed by atoms with Gasteiger partial charge in [-0.15, -0.1) is 0 Å². The molecule has 1 atom stereocenters. The topological polar surface area (TPSA) is 72.5 Å². The predicted molar refractivity (Wildman–Crippen MR) is 57.6 cm³/mol. The van der Waals surface area contributed by atoms with E-state index in [4.69, 9.17) is 5.73 Å². The van der Waals surface area contributed by atoms with Gasteiger partial charge >= 0.3 is 12.1 Å². The summed E-state index contributed by atoms with van der Waals surface area (Å²) in [4.78, 5) is 11.3. The molecule has 0 saturated carbocycles. The van der Waals surface area contributed by atoms with E-state index in [9.17, 15) is 23.1 Å². The van der Waals surface area contributed by atoms with E-state index in [1.807, 2.05) is 0 Å². The molecule has 0 spiro atoms. The number of ether oxygens (including phenoxy) is 1. The van der Waals surface area contributed by atoms with Crippen LogP contribution >= 0.6 is 0 Å². The first-order valence-electron chi connectivity index (χ1n) is 4.88. The number of hydrogen-bond donors (Lipinski definition) is 2. The summed E-state index contributed by atoms with van der Waals surface area (Å²) in [5.41, 5.74) is 1.72. The highest BCUT2D eigenvalue weighted by molar-refractivity contribution is 5.82. The van der Waals surface area contributed by atoms with Gasteiger partial charge in [-0.2, -0.15) is 13.2 Å². The van der Waals surface area contributed by atoms with Gasteiger partial charge in [-0.25, -0.2) is 4.79 Å². The highest BCUT2D eigenvalue weighted by Crippen LogP contribution is 2.40. The van der Waals surface area contributed by atoms with Crippen LogP contribution in [0.25, 0.3) is 0 Å². The van der Waals surface area contributed by atoms with Crippen LogP contribution in [0.1, 0.15) is 11.1 Å². The van der Waals surface area contributed by atoms with E-state index in [2.05, 4.69) is 4.74 Å². The highest BCUT2D eigenvalue weighted by Gasteiger charge is 2.62. The molecule has 0 aromatic heterocycles. The van der Waals surface area contributed by atoms with E-state index in [0.29, 0.717) is 5.56 Å². The number of nitrogen functional groups attached to an aromatic ring is 1. The molecule has 0 fully saturated rings. The molecule has 0 bridgehead atoms. The van der Waals surface area contributed by atoms with E-state index >= 15 is 0 Å². The minimum absolute atomic E-state index is 0.258. The number of nitrogens with two attached hydrogens (primary N) is 1. The highest BCUT2D eigenvalue weighted by atomic mass is 19.4. The van der Waals surface area contributed by atoms with Gasteiger partial charge in [0.05, 0.1) is 7.11 Å². The van der Waals surface area contributed by atoms with Crippen LogP contribution in [0, 0.1) is 6.92 Å². The molecule has 0 amide bonds. The third-order valence-corrected chi connectivity index (χ3v) is 2.58. The van der Waals surface area contributed by atoms with E-state index in [-0.39, 0.29) is 5.69 Å². The van der Waals surface area contributed by atoms with Crippen molar-refractivity contribution in [1.82, 2.24) is 0 Å². The molecule has 0 heterocycles. The Morgan fingerprint density at radius 1 is 1.39 bits per heavy atom. The van der Waals surface area contributed by atoms with E-state index in [0.717, 1.165) is 19.2 Å². The molecule has 0 aliphatic heterocycles. The number of anilines is 1. The number of rotatable bonds is 2. The van der Waals surface area contributed by atoms with Gasteiger partial charge in [-0.3, -0.25) is 0 Å². The average molecular weight is 263 g/mol. The number of halogens is 3. The summed E-state index contributed by atoms with van der Waals surface area (Å²) in [6.07, 6.45) is -5.19. The van der Waals surface area contributed by atoms with Crippen molar-refractivity contribution in [2.75, 3.05) is 12.8 Å². The van der Waals surface area contributed by atoms with Gasteiger partial charge < -0.3 is 15.6 Å². The second kappa shape index (κ2) is 4.49. The molecule has 3 N–H and O–H groups in total. The number of alkyl halides is 3. The maximum absolute atomic E-state index is 12.9. The Kier molecular flexibility index (Phi) is 3.57. The Morgan fingerprint density at radius 2 is 1.94 bits per heavy atom. The van der Waals surface area contributed by atoms with Crippen molar-refractivity contribution in [2.24, 2.45) is 0 Å². The molecule has 4 nitrogen and oxygen atoms in total. The van der Waals surface area contributed by atoms with Gasteiger partial charge in [0, 0.05) is 11.3 Å². The van der Waals surface area contributed by atoms with E-state index in [1.54, 1.807) is 0 Å². The van der Waals surface area contributed by atoms with Crippen molar-refractivity contribution in [1.29, 1.82) is 0 Å². The van der Waals surface area contributed by atoms with E-state index < -0.39 is 23.3 Å². The second-order valence-electron chi connectivity index (χ2n) is 3.77. The Bertz CT molecular complexity index is 473.